The fourth-order valence-electron chi connectivity index (χ4n) is 2.05. The van der Waals surface area contributed by atoms with Gasteiger partial charge in [-0.25, -0.2) is 0 Å². The summed E-state index contributed by atoms with van der Waals surface area (Å²) in [6.07, 6.45) is 0. The van der Waals surface area contributed by atoms with Crippen LogP contribution >= 0.6 is 35.6 Å². The van der Waals surface area contributed by atoms with Crippen LogP contribution in [0.4, 0.5) is 0 Å². The van der Waals surface area contributed by atoms with E-state index in [1.807, 2.05) is 30.3 Å². The Balaban J connectivity index is 0.00000312. The molecule has 138 valence electrons. The van der Waals surface area contributed by atoms with E-state index in [9.17, 15) is 0 Å². The van der Waals surface area contributed by atoms with Gasteiger partial charge in [0.05, 0.1) is 19.8 Å². The van der Waals surface area contributed by atoms with E-state index in [0.29, 0.717) is 29.9 Å². The molecule has 0 saturated heterocycles. The van der Waals surface area contributed by atoms with Crippen molar-refractivity contribution in [3.8, 4) is 5.75 Å². The first-order valence-corrected chi connectivity index (χ1v) is 8.49. The lowest BCUT2D eigenvalue weighted by Crippen LogP contribution is -2.19. The Morgan fingerprint density at radius 2 is 1.76 bits per heavy atom. The molecule has 0 aliphatic carbocycles. The Labute approximate surface area is 164 Å². The van der Waals surface area contributed by atoms with Crippen LogP contribution in [0.25, 0.3) is 0 Å². The largest absolute Gasteiger partial charge is 0.489 e. The lowest BCUT2D eigenvalue weighted by molar-refractivity contribution is 0.0938. The molecule has 25 heavy (non-hydrogen) atoms. The third kappa shape index (κ3) is 8.27. The average molecular weight is 407 g/mol. The minimum atomic E-state index is 0. The van der Waals surface area contributed by atoms with Gasteiger partial charge in [-0.1, -0.05) is 41.4 Å². The zero-order chi connectivity index (χ0) is 17.2. The molecule has 0 atom stereocenters. The third-order valence-corrected chi connectivity index (χ3v) is 3.91. The summed E-state index contributed by atoms with van der Waals surface area (Å²) < 4.78 is 10.9. The van der Waals surface area contributed by atoms with E-state index in [0.717, 1.165) is 30.0 Å². The van der Waals surface area contributed by atoms with Gasteiger partial charge in [-0.3, -0.25) is 0 Å². The molecule has 0 amide bonds. The van der Waals surface area contributed by atoms with Crippen LogP contribution in [-0.2, 0) is 17.9 Å². The number of nitrogens with one attached hydrogen (secondary N) is 1. The number of halogens is 3. The minimum Gasteiger partial charge on any atom is -0.489 e. The molecule has 0 saturated carbocycles. The molecule has 2 aromatic rings. The maximum atomic E-state index is 8.60. The zero-order valence-electron chi connectivity index (χ0n) is 13.7. The Hall–Kier alpha value is -1.01. The zero-order valence-corrected chi connectivity index (χ0v) is 16.0. The van der Waals surface area contributed by atoms with E-state index in [2.05, 4.69) is 5.32 Å². The van der Waals surface area contributed by atoms with Crippen LogP contribution in [0.2, 0.25) is 10.0 Å². The summed E-state index contributed by atoms with van der Waals surface area (Å²) in [6.45, 7) is 2.92. The molecule has 0 radical (unpaired) electrons. The van der Waals surface area contributed by atoms with E-state index in [1.165, 1.54) is 0 Å². The van der Waals surface area contributed by atoms with Crippen LogP contribution in [0.5, 0.6) is 5.75 Å². The highest BCUT2D eigenvalue weighted by Gasteiger charge is 2.03. The second-order valence-electron chi connectivity index (χ2n) is 5.18. The van der Waals surface area contributed by atoms with Crippen LogP contribution in [-0.4, -0.2) is 31.5 Å². The Morgan fingerprint density at radius 3 is 2.44 bits per heavy atom. The Kier molecular flexibility index (Phi) is 10.9. The van der Waals surface area contributed by atoms with E-state index < -0.39 is 0 Å². The first-order valence-electron chi connectivity index (χ1n) is 7.74. The molecule has 2 N–H and O–H groups in total. The van der Waals surface area contributed by atoms with Crippen LogP contribution in [0.1, 0.15) is 11.1 Å². The predicted molar refractivity (Wildman–Crippen MR) is 104 cm³/mol. The van der Waals surface area contributed by atoms with Crippen molar-refractivity contribution >= 4 is 35.6 Å². The van der Waals surface area contributed by atoms with Gasteiger partial charge >= 0.3 is 0 Å². The molecule has 7 heteroatoms. The van der Waals surface area contributed by atoms with E-state index in [-0.39, 0.29) is 19.0 Å². The molecule has 0 fully saturated rings. The van der Waals surface area contributed by atoms with E-state index in [4.69, 9.17) is 37.8 Å². The number of benzene rings is 2. The summed E-state index contributed by atoms with van der Waals surface area (Å²) >= 11 is 12.0. The normalized spacial score (nSPS) is 10.4. The highest BCUT2D eigenvalue weighted by molar-refractivity contribution is 6.35. The second kappa shape index (κ2) is 12.4. The van der Waals surface area contributed by atoms with Crippen molar-refractivity contribution in [3.05, 3.63) is 63.6 Å². The van der Waals surface area contributed by atoms with Gasteiger partial charge in [0, 0.05) is 28.7 Å². The summed E-state index contributed by atoms with van der Waals surface area (Å²) in [7, 11) is 0. The average Bonchev–Trinajstić information content (AvgIpc) is 2.58. The summed E-state index contributed by atoms with van der Waals surface area (Å²) in [5.41, 5.74) is 2.06. The highest BCUT2D eigenvalue weighted by Crippen LogP contribution is 2.22. The topological polar surface area (TPSA) is 50.7 Å². The monoisotopic (exact) mass is 405 g/mol. The van der Waals surface area contributed by atoms with E-state index in [1.54, 1.807) is 12.1 Å². The molecule has 0 heterocycles. The van der Waals surface area contributed by atoms with Gasteiger partial charge in [0.15, 0.2) is 0 Å². The molecule has 0 unspecified atom stereocenters. The molecule has 0 bridgehead atoms. The van der Waals surface area contributed by atoms with Gasteiger partial charge in [-0.05, 0) is 29.8 Å². The van der Waals surface area contributed by atoms with Crippen LogP contribution in [0.15, 0.2) is 42.5 Å². The predicted octanol–water partition coefficient (Wildman–Crippen LogP) is 4.09. The van der Waals surface area contributed by atoms with Crippen molar-refractivity contribution in [1.82, 2.24) is 5.32 Å². The Bertz CT molecular complexity index is 623. The maximum Gasteiger partial charge on any atom is 0.119 e. The van der Waals surface area contributed by atoms with E-state index >= 15 is 0 Å². The summed E-state index contributed by atoms with van der Waals surface area (Å²) in [5.74, 6) is 0.788. The fourth-order valence-corrected chi connectivity index (χ4v) is 2.51. The quantitative estimate of drug-likeness (QED) is 0.583. The molecule has 0 aliphatic heterocycles. The van der Waals surface area contributed by atoms with Crippen LogP contribution in [0, 0.1) is 0 Å². The third-order valence-electron chi connectivity index (χ3n) is 3.32. The van der Waals surface area contributed by atoms with Crippen molar-refractivity contribution < 1.29 is 14.6 Å². The van der Waals surface area contributed by atoms with Crippen LogP contribution in [0.3, 0.4) is 0 Å². The van der Waals surface area contributed by atoms with Crippen molar-refractivity contribution in [1.29, 1.82) is 0 Å². The lowest BCUT2D eigenvalue weighted by atomic mass is 10.2. The van der Waals surface area contributed by atoms with Crippen molar-refractivity contribution in [2.24, 2.45) is 0 Å². The van der Waals surface area contributed by atoms with Crippen molar-refractivity contribution in [2.75, 3.05) is 26.4 Å². The van der Waals surface area contributed by atoms with Gasteiger partial charge in [-0.2, -0.15) is 0 Å². The fraction of sp³-hybridized carbons (Fsp3) is 0.333. The summed E-state index contributed by atoms with van der Waals surface area (Å²) in [6, 6.07) is 13.3. The smallest absolute Gasteiger partial charge is 0.119 e. The molecular formula is C18H22Cl3NO3. The number of ether oxygens (including phenoxy) is 2. The second-order valence-corrected chi connectivity index (χ2v) is 6.02. The van der Waals surface area contributed by atoms with Gasteiger partial charge in [-0.15, -0.1) is 12.4 Å². The summed E-state index contributed by atoms with van der Waals surface area (Å²) in [5, 5.41) is 13.1. The first-order chi connectivity index (χ1) is 11.7. The molecule has 2 aromatic carbocycles. The summed E-state index contributed by atoms with van der Waals surface area (Å²) in [4.78, 5) is 0. The minimum absolute atomic E-state index is 0. The molecule has 0 spiro atoms. The highest BCUT2D eigenvalue weighted by atomic mass is 35.5. The lowest BCUT2D eigenvalue weighted by Gasteiger charge is -2.09. The van der Waals surface area contributed by atoms with Gasteiger partial charge in [0.1, 0.15) is 12.4 Å². The van der Waals surface area contributed by atoms with Crippen molar-refractivity contribution in [2.45, 2.75) is 13.2 Å². The van der Waals surface area contributed by atoms with Gasteiger partial charge in [0.25, 0.3) is 0 Å². The molecular weight excluding hydrogens is 385 g/mol. The number of rotatable bonds is 10. The maximum absolute atomic E-state index is 8.60. The Morgan fingerprint density at radius 1 is 1.00 bits per heavy atom. The van der Waals surface area contributed by atoms with Gasteiger partial charge in [0.2, 0.25) is 0 Å². The molecule has 0 aliphatic rings. The SMILES string of the molecule is Cl.OCCOCCNCc1ccc(OCc2ccc(Cl)cc2Cl)cc1. The number of aliphatic hydroxyl groups is 1. The molecule has 0 aromatic heterocycles. The van der Waals surface area contributed by atoms with Gasteiger partial charge < -0.3 is 19.9 Å². The number of aliphatic hydroxyl groups excluding tert-OH is 1. The van der Waals surface area contributed by atoms with Crippen molar-refractivity contribution in [3.63, 3.8) is 0 Å². The number of hydrogen-bond donors (Lipinski definition) is 2. The standard InChI is InChI=1S/C18H21Cl2NO3.ClH/c19-16-4-3-15(18(20)11-16)13-24-17-5-1-14(2-6-17)12-21-7-9-23-10-8-22;/h1-6,11,21-22H,7-10,12-13H2;1H. The molecule has 2 rings (SSSR count). The van der Waals surface area contributed by atoms with Crippen LogP contribution < -0.4 is 10.1 Å². The molecule has 4 nitrogen and oxygen atoms in total. The number of hydrogen-bond acceptors (Lipinski definition) is 4. The first kappa shape index (κ1) is 22.0.